The smallest absolute Gasteiger partial charge is 0.250 e. The zero-order valence-corrected chi connectivity index (χ0v) is 11.5. The van der Waals surface area contributed by atoms with E-state index in [0.717, 1.165) is 16.2 Å². The average Bonchev–Trinajstić information content (AvgIpc) is 2.41. The van der Waals surface area contributed by atoms with E-state index in [1.165, 1.54) is 0 Å². The van der Waals surface area contributed by atoms with Crippen LogP contribution in [0.5, 0.6) is 0 Å². The first-order valence-corrected chi connectivity index (χ1v) is 7.04. The van der Waals surface area contributed by atoms with Gasteiger partial charge in [0.15, 0.2) is 5.78 Å². The Bertz CT molecular complexity index is 617. The Labute approximate surface area is 116 Å². The molecular formula is C15H15NO2S. The summed E-state index contributed by atoms with van der Waals surface area (Å²) in [5.74, 6) is 0.899. The zero-order valence-electron chi connectivity index (χ0n) is 10.7. The number of thioether (sulfide) groups is 1. The predicted octanol–water partition coefficient (Wildman–Crippen LogP) is 2.84. The molecule has 19 heavy (non-hydrogen) atoms. The van der Waals surface area contributed by atoms with E-state index in [1.807, 2.05) is 30.3 Å². The van der Waals surface area contributed by atoms with E-state index in [2.05, 4.69) is 0 Å². The van der Waals surface area contributed by atoms with Gasteiger partial charge in [0, 0.05) is 35.0 Å². The second kappa shape index (κ2) is 6.38. The highest BCUT2D eigenvalue weighted by Crippen LogP contribution is 2.18. The Hall–Kier alpha value is -1.81. The van der Waals surface area contributed by atoms with Crippen molar-refractivity contribution >= 4 is 17.5 Å². The number of hydrogen-bond donors (Lipinski definition) is 0. The molecule has 0 radical (unpaired) electrons. The Balaban J connectivity index is 1.91. The molecule has 0 aliphatic rings. The van der Waals surface area contributed by atoms with Crippen LogP contribution in [-0.2, 0) is 6.54 Å². The fraction of sp³-hybridized carbons (Fsp3) is 0.200. The first-order chi connectivity index (χ1) is 9.16. The van der Waals surface area contributed by atoms with Crippen molar-refractivity contribution in [3.05, 3.63) is 64.6 Å². The van der Waals surface area contributed by atoms with Crippen molar-refractivity contribution in [1.82, 2.24) is 4.57 Å². The van der Waals surface area contributed by atoms with Crippen molar-refractivity contribution in [3.63, 3.8) is 0 Å². The van der Waals surface area contributed by atoms with Gasteiger partial charge in [-0.05, 0) is 25.1 Å². The van der Waals surface area contributed by atoms with E-state index in [1.54, 1.807) is 41.6 Å². The maximum absolute atomic E-state index is 11.5. The molecule has 2 aromatic rings. The Morgan fingerprint density at radius 3 is 2.53 bits per heavy atom. The summed E-state index contributed by atoms with van der Waals surface area (Å²) < 4.78 is 1.69. The van der Waals surface area contributed by atoms with Crippen LogP contribution in [0.3, 0.4) is 0 Å². The summed E-state index contributed by atoms with van der Waals surface area (Å²) in [6.45, 7) is 2.24. The van der Waals surface area contributed by atoms with E-state index < -0.39 is 0 Å². The fourth-order valence-corrected chi connectivity index (χ4v) is 2.55. The number of Topliss-reactive ketones (excluding diaryl/α,β-unsaturated/α-hetero) is 1. The van der Waals surface area contributed by atoms with Gasteiger partial charge in [-0.15, -0.1) is 11.8 Å². The van der Waals surface area contributed by atoms with E-state index in [9.17, 15) is 9.59 Å². The van der Waals surface area contributed by atoms with E-state index in [4.69, 9.17) is 0 Å². The van der Waals surface area contributed by atoms with Gasteiger partial charge in [0.05, 0.1) is 0 Å². The number of aromatic nitrogens is 1. The molecule has 0 fully saturated rings. The topological polar surface area (TPSA) is 39.1 Å². The van der Waals surface area contributed by atoms with Crippen molar-refractivity contribution in [2.45, 2.75) is 18.4 Å². The number of carbonyl (C=O) groups excluding carboxylic acids is 1. The lowest BCUT2D eigenvalue weighted by Gasteiger charge is -2.05. The van der Waals surface area contributed by atoms with Gasteiger partial charge in [-0.25, -0.2) is 0 Å². The van der Waals surface area contributed by atoms with Gasteiger partial charge in [-0.1, -0.05) is 18.2 Å². The summed E-state index contributed by atoms with van der Waals surface area (Å²) in [6, 6.07) is 12.7. The maximum Gasteiger partial charge on any atom is 0.250 e. The second-order valence-electron chi connectivity index (χ2n) is 4.16. The van der Waals surface area contributed by atoms with Crippen molar-refractivity contribution in [3.8, 4) is 0 Å². The molecule has 98 valence electrons. The minimum absolute atomic E-state index is 0.0232. The van der Waals surface area contributed by atoms with E-state index in [-0.39, 0.29) is 11.3 Å². The van der Waals surface area contributed by atoms with Crippen LogP contribution in [0, 0.1) is 0 Å². The summed E-state index contributed by atoms with van der Waals surface area (Å²) in [4.78, 5) is 23.8. The molecule has 0 saturated heterocycles. The number of nitrogens with zero attached hydrogens (tertiary/aromatic N) is 1. The minimum atomic E-state index is 0.0232. The molecule has 0 amide bonds. The Morgan fingerprint density at radius 2 is 1.89 bits per heavy atom. The number of carbonyl (C=O) groups is 1. The SMILES string of the molecule is CC(=O)c1ccc(SCCn2ccccc2=O)cc1. The minimum Gasteiger partial charge on any atom is -0.315 e. The van der Waals surface area contributed by atoms with Crippen molar-refractivity contribution in [2.75, 3.05) is 5.75 Å². The molecule has 0 saturated carbocycles. The molecule has 1 heterocycles. The van der Waals surface area contributed by atoms with Gasteiger partial charge in [0.2, 0.25) is 0 Å². The summed E-state index contributed by atoms with van der Waals surface area (Å²) in [5, 5.41) is 0. The number of pyridine rings is 1. The predicted molar refractivity (Wildman–Crippen MR) is 77.9 cm³/mol. The number of hydrogen-bond acceptors (Lipinski definition) is 3. The molecular weight excluding hydrogens is 258 g/mol. The summed E-state index contributed by atoms with van der Waals surface area (Å²) >= 11 is 1.67. The summed E-state index contributed by atoms with van der Waals surface area (Å²) in [6.07, 6.45) is 1.79. The highest BCUT2D eigenvalue weighted by Gasteiger charge is 2.00. The number of rotatable bonds is 5. The van der Waals surface area contributed by atoms with Crippen molar-refractivity contribution < 1.29 is 4.79 Å². The van der Waals surface area contributed by atoms with Gasteiger partial charge in [0.25, 0.3) is 5.56 Å². The standard InChI is InChI=1S/C15H15NO2S/c1-12(17)13-5-7-14(8-6-13)19-11-10-16-9-3-2-4-15(16)18/h2-9H,10-11H2,1H3. The van der Waals surface area contributed by atoms with Crippen molar-refractivity contribution in [1.29, 1.82) is 0 Å². The monoisotopic (exact) mass is 273 g/mol. The number of benzene rings is 1. The van der Waals surface area contributed by atoms with Gasteiger partial charge in [-0.3, -0.25) is 9.59 Å². The second-order valence-corrected chi connectivity index (χ2v) is 5.33. The third-order valence-electron chi connectivity index (χ3n) is 2.76. The normalized spacial score (nSPS) is 10.4. The third-order valence-corrected chi connectivity index (χ3v) is 3.75. The van der Waals surface area contributed by atoms with Crippen LogP contribution in [0.25, 0.3) is 0 Å². The van der Waals surface area contributed by atoms with Crippen molar-refractivity contribution in [2.24, 2.45) is 0 Å². The molecule has 4 heteroatoms. The number of ketones is 1. The van der Waals surface area contributed by atoms with Crippen LogP contribution in [-0.4, -0.2) is 16.1 Å². The van der Waals surface area contributed by atoms with Gasteiger partial charge in [0.1, 0.15) is 0 Å². The highest BCUT2D eigenvalue weighted by molar-refractivity contribution is 7.99. The molecule has 1 aromatic heterocycles. The highest BCUT2D eigenvalue weighted by atomic mass is 32.2. The lowest BCUT2D eigenvalue weighted by atomic mass is 10.2. The number of aryl methyl sites for hydroxylation is 1. The lowest BCUT2D eigenvalue weighted by Crippen LogP contribution is -2.18. The maximum atomic E-state index is 11.5. The lowest BCUT2D eigenvalue weighted by molar-refractivity contribution is 0.101. The zero-order chi connectivity index (χ0) is 13.7. The van der Waals surface area contributed by atoms with Gasteiger partial charge in [-0.2, -0.15) is 0 Å². The molecule has 2 rings (SSSR count). The van der Waals surface area contributed by atoms with Crippen LogP contribution in [0.2, 0.25) is 0 Å². The van der Waals surface area contributed by atoms with E-state index in [0.29, 0.717) is 6.54 Å². The fourth-order valence-electron chi connectivity index (χ4n) is 1.69. The molecule has 0 atom stereocenters. The molecule has 0 spiro atoms. The van der Waals surface area contributed by atoms with Gasteiger partial charge < -0.3 is 4.57 Å². The molecule has 1 aromatic carbocycles. The first kappa shape index (κ1) is 13.6. The quantitative estimate of drug-likeness (QED) is 0.621. The van der Waals surface area contributed by atoms with Crippen LogP contribution >= 0.6 is 11.8 Å². The van der Waals surface area contributed by atoms with Crippen LogP contribution < -0.4 is 5.56 Å². The molecule has 0 bridgehead atoms. The van der Waals surface area contributed by atoms with E-state index >= 15 is 0 Å². The third kappa shape index (κ3) is 3.83. The van der Waals surface area contributed by atoms with Gasteiger partial charge >= 0.3 is 0 Å². The largest absolute Gasteiger partial charge is 0.315 e. The molecule has 3 nitrogen and oxygen atoms in total. The summed E-state index contributed by atoms with van der Waals surface area (Å²) in [7, 11) is 0. The molecule has 0 unspecified atom stereocenters. The summed E-state index contributed by atoms with van der Waals surface area (Å²) in [5.41, 5.74) is 0.749. The van der Waals surface area contributed by atoms with Crippen LogP contribution in [0.1, 0.15) is 17.3 Å². The Morgan fingerprint density at radius 1 is 1.16 bits per heavy atom. The molecule has 0 N–H and O–H groups in total. The first-order valence-electron chi connectivity index (χ1n) is 6.06. The average molecular weight is 273 g/mol. The van der Waals surface area contributed by atoms with Crippen LogP contribution in [0.15, 0.2) is 58.4 Å². The van der Waals surface area contributed by atoms with Crippen LogP contribution in [0.4, 0.5) is 0 Å². The molecule has 0 aliphatic heterocycles. The Kier molecular flexibility index (Phi) is 4.58. The molecule has 0 aliphatic carbocycles.